The van der Waals surface area contributed by atoms with E-state index in [1.165, 1.54) is 0 Å². The third kappa shape index (κ3) is 4.93. The lowest BCUT2D eigenvalue weighted by atomic mass is 10.1. The van der Waals surface area contributed by atoms with Crippen molar-refractivity contribution >= 4 is 11.8 Å². The molecular formula is C21H26N4O4. The summed E-state index contributed by atoms with van der Waals surface area (Å²) >= 11 is 0. The van der Waals surface area contributed by atoms with Crippen molar-refractivity contribution in [1.82, 2.24) is 20.4 Å². The van der Waals surface area contributed by atoms with E-state index < -0.39 is 0 Å². The smallest absolute Gasteiger partial charge is 0.251 e. The third-order valence-electron chi connectivity index (χ3n) is 5.31. The summed E-state index contributed by atoms with van der Waals surface area (Å²) in [5.41, 5.74) is 0.539. The van der Waals surface area contributed by atoms with Gasteiger partial charge in [-0.2, -0.15) is 0 Å². The van der Waals surface area contributed by atoms with Gasteiger partial charge in [-0.05, 0) is 37.1 Å². The lowest BCUT2D eigenvalue weighted by molar-refractivity contribution is -0.134. The van der Waals surface area contributed by atoms with E-state index >= 15 is 0 Å². The first kappa shape index (κ1) is 19.4. The fourth-order valence-corrected chi connectivity index (χ4v) is 3.42. The van der Waals surface area contributed by atoms with Crippen molar-refractivity contribution in [3.05, 3.63) is 41.6 Å². The Morgan fingerprint density at radius 3 is 2.41 bits per heavy atom. The van der Waals surface area contributed by atoms with Crippen molar-refractivity contribution in [3.8, 4) is 5.75 Å². The fourth-order valence-electron chi connectivity index (χ4n) is 3.42. The number of hydrogen-bond donors (Lipinski definition) is 1. The van der Waals surface area contributed by atoms with Crippen LogP contribution in [0.4, 0.5) is 0 Å². The van der Waals surface area contributed by atoms with E-state index in [0.29, 0.717) is 29.7 Å². The van der Waals surface area contributed by atoms with Crippen LogP contribution in [0.2, 0.25) is 0 Å². The number of rotatable bonds is 7. The summed E-state index contributed by atoms with van der Waals surface area (Å²) in [4.78, 5) is 26.4. The van der Waals surface area contributed by atoms with E-state index in [1.54, 1.807) is 24.3 Å². The molecule has 0 atom stereocenters. The van der Waals surface area contributed by atoms with Gasteiger partial charge in [0.2, 0.25) is 17.7 Å². The summed E-state index contributed by atoms with van der Waals surface area (Å²) in [5, 5.41) is 10.5. The number of hydrogen-bond acceptors (Lipinski definition) is 6. The highest BCUT2D eigenvalue weighted by molar-refractivity contribution is 5.94. The molecule has 1 aliphatic carbocycles. The summed E-state index contributed by atoms with van der Waals surface area (Å²) < 4.78 is 11.4. The van der Waals surface area contributed by atoms with Crippen molar-refractivity contribution in [1.29, 1.82) is 0 Å². The average Bonchev–Trinajstić information content (AvgIpc) is 3.50. The molecule has 0 unspecified atom stereocenters. The largest absolute Gasteiger partial charge is 0.490 e. The molecule has 4 rings (SSSR count). The van der Waals surface area contributed by atoms with E-state index in [2.05, 4.69) is 15.5 Å². The molecule has 8 nitrogen and oxygen atoms in total. The van der Waals surface area contributed by atoms with Crippen LogP contribution in [0.25, 0.3) is 0 Å². The molecule has 29 heavy (non-hydrogen) atoms. The van der Waals surface area contributed by atoms with Crippen molar-refractivity contribution in [2.45, 2.75) is 51.7 Å². The maximum atomic E-state index is 12.3. The summed E-state index contributed by atoms with van der Waals surface area (Å²) in [6.45, 7) is 3.64. The number of carbonyl (C=O) groups is 2. The van der Waals surface area contributed by atoms with Crippen LogP contribution in [0.3, 0.4) is 0 Å². The molecule has 2 aliphatic rings. The van der Waals surface area contributed by atoms with Crippen LogP contribution in [-0.4, -0.2) is 46.1 Å². The SMILES string of the molecule is CCc1nnc(CNC(=O)c2ccc(OC3CCN(C(=O)C4CC4)CC3)cc2)o1. The second-order valence-corrected chi connectivity index (χ2v) is 7.57. The lowest BCUT2D eigenvalue weighted by Crippen LogP contribution is -2.42. The standard InChI is InChI=1S/C21H26N4O4/c1-2-18-23-24-19(29-18)13-22-20(26)14-5-7-16(8-6-14)28-17-9-11-25(12-10-17)21(27)15-3-4-15/h5-8,15,17H,2-4,9-13H2,1H3,(H,22,26). The first-order valence-corrected chi connectivity index (χ1v) is 10.3. The van der Waals surface area contributed by atoms with Gasteiger partial charge in [-0.1, -0.05) is 6.92 Å². The van der Waals surface area contributed by atoms with Crippen LogP contribution in [0.1, 0.15) is 54.7 Å². The maximum absolute atomic E-state index is 12.3. The first-order chi connectivity index (χ1) is 14.1. The molecule has 2 amide bonds. The van der Waals surface area contributed by atoms with E-state index in [0.717, 1.165) is 44.5 Å². The van der Waals surface area contributed by atoms with Gasteiger partial charge in [0.25, 0.3) is 5.91 Å². The number of ether oxygens (including phenoxy) is 1. The van der Waals surface area contributed by atoms with Gasteiger partial charge in [-0.25, -0.2) is 0 Å². The van der Waals surface area contributed by atoms with Crippen LogP contribution in [0, 0.1) is 5.92 Å². The van der Waals surface area contributed by atoms with Gasteiger partial charge < -0.3 is 19.4 Å². The van der Waals surface area contributed by atoms with Gasteiger partial charge in [0.1, 0.15) is 11.9 Å². The Kier molecular flexibility index (Phi) is 5.78. The summed E-state index contributed by atoms with van der Waals surface area (Å²) in [7, 11) is 0. The van der Waals surface area contributed by atoms with Gasteiger partial charge in [-0.15, -0.1) is 10.2 Å². The minimum absolute atomic E-state index is 0.100. The Balaban J connectivity index is 1.23. The highest BCUT2D eigenvalue weighted by Crippen LogP contribution is 2.32. The Morgan fingerprint density at radius 2 is 1.79 bits per heavy atom. The zero-order chi connectivity index (χ0) is 20.2. The molecule has 1 N–H and O–H groups in total. The molecule has 0 bridgehead atoms. The Labute approximate surface area is 169 Å². The number of amides is 2. The monoisotopic (exact) mass is 398 g/mol. The molecule has 1 aliphatic heterocycles. The van der Waals surface area contributed by atoms with Gasteiger partial charge in [0.05, 0.1) is 6.54 Å². The molecule has 2 aromatic rings. The molecule has 2 heterocycles. The summed E-state index contributed by atoms with van der Waals surface area (Å²) in [5.74, 6) is 2.06. The minimum atomic E-state index is -0.209. The number of nitrogens with one attached hydrogen (secondary N) is 1. The number of aromatic nitrogens is 2. The van der Waals surface area contributed by atoms with Crippen molar-refractivity contribution < 1.29 is 18.7 Å². The predicted molar refractivity (Wildman–Crippen MR) is 104 cm³/mol. The number of nitrogens with zero attached hydrogens (tertiary/aromatic N) is 3. The van der Waals surface area contributed by atoms with Crippen LogP contribution >= 0.6 is 0 Å². The van der Waals surface area contributed by atoms with Crippen molar-refractivity contribution in [2.75, 3.05) is 13.1 Å². The molecule has 0 radical (unpaired) electrons. The van der Waals surface area contributed by atoms with Crippen molar-refractivity contribution in [2.24, 2.45) is 5.92 Å². The highest BCUT2D eigenvalue weighted by atomic mass is 16.5. The van der Waals surface area contributed by atoms with Gasteiger partial charge in [-0.3, -0.25) is 9.59 Å². The number of piperidine rings is 1. The van der Waals surface area contributed by atoms with Gasteiger partial charge in [0, 0.05) is 43.8 Å². The van der Waals surface area contributed by atoms with Crippen LogP contribution in [-0.2, 0) is 17.8 Å². The zero-order valence-corrected chi connectivity index (χ0v) is 16.6. The van der Waals surface area contributed by atoms with Crippen molar-refractivity contribution in [3.63, 3.8) is 0 Å². The van der Waals surface area contributed by atoms with Crippen LogP contribution in [0.5, 0.6) is 5.75 Å². The average molecular weight is 398 g/mol. The number of carbonyl (C=O) groups excluding carboxylic acids is 2. The Morgan fingerprint density at radius 1 is 1.10 bits per heavy atom. The summed E-state index contributed by atoms with van der Waals surface area (Å²) in [6, 6.07) is 7.08. The number of benzene rings is 1. The second kappa shape index (κ2) is 8.63. The molecule has 1 saturated carbocycles. The summed E-state index contributed by atoms with van der Waals surface area (Å²) in [6.07, 6.45) is 4.53. The molecule has 154 valence electrons. The highest BCUT2D eigenvalue weighted by Gasteiger charge is 2.35. The van der Waals surface area contributed by atoms with E-state index in [-0.39, 0.29) is 24.5 Å². The normalized spacial score (nSPS) is 17.2. The van der Waals surface area contributed by atoms with E-state index in [9.17, 15) is 9.59 Å². The number of aryl methyl sites for hydroxylation is 1. The van der Waals surface area contributed by atoms with E-state index in [1.807, 2.05) is 11.8 Å². The first-order valence-electron chi connectivity index (χ1n) is 10.3. The van der Waals surface area contributed by atoms with Crippen LogP contribution < -0.4 is 10.1 Å². The van der Waals surface area contributed by atoms with Gasteiger partial charge in [0.15, 0.2) is 0 Å². The maximum Gasteiger partial charge on any atom is 0.251 e. The molecule has 0 spiro atoms. The lowest BCUT2D eigenvalue weighted by Gasteiger charge is -2.32. The molecule has 1 saturated heterocycles. The molecular weight excluding hydrogens is 372 g/mol. The second-order valence-electron chi connectivity index (χ2n) is 7.57. The molecule has 1 aromatic heterocycles. The quantitative estimate of drug-likeness (QED) is 0.769. The van der Waals surface area contributed by atoms with E-state index in [4.69, 9.17) is 9.15 Å². The predicted octanol–water partition coefficient (Wildman–Crippen LogP) is 2.34. The fraction of sp³-hybridized carbons (Fsp3) is 0.524. The Bertz CT molecular complexity index is 852. The third-order valence-corrected chi connectivity index (χ3v) is 5.31. The topological polar surface area (TPSA) is 97.6 Å². The van der Waals surface area contributed by atoms with Crippen LogP contribution in [0.15, 0.2) is 28.7 Å². The molecule has 8 heteroatoms. The molecule has 1 aromatic carbocycles. The zero-order valence-electron chi connectivity index (χ0n) is 16.6. The Hall–Kier alpha value is -2.90. The minimum Gasteiger partial charge on any atom is -0.490 e. The number of likely N-dealkylation sites (tertiary alicyclic amines) is 1. The van der Waals surface area contributed by atoms with Gasteiger partial charge >= 0.3 is 0 Å². The molecule has 2 fully saturated rings.